The number of rotatable bonds is 7. The van der Waals surface area contributed by atoms with Crippen LogP contribution >= 0.6 is 0 Å². The second-order valence-corrected chi connectivity index (χ2v) is 5.04. The van der Waals surface area contributed by atoms with E-state index in [2.05, 4.69) is 10.6 Å². The molecular formula is C14H26N2O3. The van der Waals surface area contributed by atoms with Crippen molar-refractivity contribution in [2.75, 3.05) is 13.7 Å². The lowest BCUT2D eigenvalue weighted by Crippen LogP contribution is -2.46. The van der Waals surface area contributed by atoms with Crippen LogP contribution in [0.3, 0.4) is 0 Å². The molecule has 19 heavy (non-hydrogen) atoms. The van der Waals surface area contributed by atoms with Crippen molar-refractivity contribution >= 4 is 12.0 Å². The molecule has 0 rings (SSSR count). The predicted octanol–water partition coefficient (Wildman–Crippen LogP) is 2.09. The van der Waals surface area contributed by atoms with E-state index in [1.165, 1.54) is 0 Å². The zero-order valence-corrected chi connectivity index (χ0v) is 12.5. The summed E-state index contributed by atoms with van der Waals surface area (Å²) in [6, 6.07) is -0.547. The van der Waals surface area contributed by atoms with Gasteiger partial charge >= 0.3 is 6.09 Å². The van der Waals surface area contributed by atoms with Crippen molar-refractivity contribution in [3.63, 3.8) is 0 Å². The molecule has 0 heterocycles. The second-order valence-electron chi connectivity index (χ2n) is 5.04. The van der Waals surface area contributed by atoms with E-state index in [1.807, 2.05) is 39.8 Å². The first kappa shape index (κ1) is 17.5. The van der Waals surface area contributed by atoms with Crippen molar-refractivity contribution in [1.29, 1.82) is 0 Å². The smallest absolute Gasteiger partial charge is 0.407 e. The van der Waals surface area contributed by atoms with Gasteiger partial charge in [-0.2, -0.15) is 0 Å². The molecule has 5 nitrogen and oxygen atoms in total. The Morgan fingerprint density at radius 3 is 2.37 bits per heavy atom. The van der Waals surface area contributed by atoms with Crippen LogP contribution in [-0.2, 0) is 9.53 Å². The standard InChI is InChI=1S/C14H26N2O3/c1-6-7-11(4)9-19-14(18)16-12(8-10(2)3)13(17)15-5/h6-7,10-12H,8-9H2,1-5H3,(H,15,17)(H,16,18)/b7-6-/t11?,12-/m0/s1. The summed E-state index contributed by atoms with van der Waals surface area (Å²) in [6.07, 6.45) is 3.90. The largest absolute Gasteiger partial charge is 0.449 e. The molecule has 2 atom stereocenters. The van der Waals surface area contributed by atoms with E-state index in [1.54, 1.807) is 7.05 Å². The molecule has 0 aromatic carbocycles. The summed E-state index contributed by atoms with van der Waals surface area (Å²) in [6.45, 7) is 8.17. The van der Waals surface area contributed by atoms with Gasteiger partial charge in [-0.05, 0) is 19.3 Å². The molecule has 5 heteroatoms. The molecule has 1 unspecified atom stereocenters. The van der Waals surface area contributed by atoms with Crippen molar-refractivity contribution in [3.8, 4) is 0 Å². The number of amides is 2. The highest BCUT2D eigenvalue weighted by molar-refractivity contribution is 5.85. The first-order chi connectivity index (χ1) is 8.90. The molecule has 2 amide bonds. The van der Waals surface area contributed by atoms with E-state index < -0.39 is 12.1 Å². The summed E-state index contributed by atoms with van der Waals surface area (Å²) in [5, 5.41) is 5.14. The first-order valence-corrected chi connectivity index (χ1v) is 6.68. The summed E-state index contributed by atoms with van der Waals surface area (Å²) >= 11 is 0. The highest BCUT2D eigenvalue weighted by Gasteiger charge is 2.21. The van der Waals surface area contributed by atoms with Crippen molar-refractivity contribution in [3.05, 3.63) is 12.2 Å². The maximum absolute atomic E-state index is 11.6. The number of alkyl carbamates (subject to hydrolysis) is 1. The van der Waals surface area contributed by atoms with Gasteiger partial charge in [0.25, 0.3) is 0 Å². The van der Waals surface area contributed by atoms with Crippen LogP contribution in [-0.4, -0.2) is 31.7 Å². The normalized spacial score (nSPS) is 14.2. The van der Waals surface area contributed by atoms with Gasteiger partial charge in [0, 0.05) is 13.0 Å². The molecule has 0 radical (unpaired) electrons. The Hall–Kier alpha value is -1.52. The highest BCUT2D eigenvalue weighted by Crippen LogP contribution is 2.05. The van der Waals surface area contributed by atoms with Crippen LogP contribution in [0.4, 0.5) is 4.79 Å². The number of nitrogens with one attached hydrogen (secondary N) is 2. The van der Waals surface area contributed by atoms with Gasteiger partial charge in [-0.1, -0.05) is 32.9 Å². The van der Waals surface area contributed by atoms with E-state index in [0.717, 1.165) is 0 Å². The quantitative estimate of drug-likeness (QED) is 0.696. The SMILES string of the molecule is C/C=C\C(C)COC(=O)N[C@@H](CC(C)C)C(=O)NC. The molecule has 2 N–H and O–H groups in total. The fourth-order valence-corrected chi connectivity index (χ4v) is 1.65. The fourth-order valence-electron chi connectivity index (χ4n) is 1.65. The van der Waals surface area contributed by atoms with Gasteiger partial charge in [-0.15, -0.1) is 0 Å². The van der Waals surface area contributed by atoms with Crippen molar-refractivity contribution < 1.29 is 14.3 Å². The summed E-state index contributed by atoms with van der Waals surface area (Å²) in [5.41, 5.74) is 0. The maximum Gasteiger partial charge on any atom is 0.407 e. The van der Waals surface area contributed by atoms with Crippen LogP contribution in [0.2, 0.25) is 0 Å². The number of carbonyl (C=O) groups excluding carboxylic acids is 2. The third-order valence-corrected chi connectivity index (χ3v) is 2.56. The van der Waals surface area contributed by atoms with Crippen molar-refractivity contribution in [1.82, 2.24) is 10.6 Å². The van der Waals surface area contributed by atoms with Crippen molar-refractivity contribution in [2.24, 2.45) is 11.8 Å². The lowest BCUT2D eigenvalue weighted by Gasteiger charge is -2.19. The molecule has 0 saturated carbocycles. The molecule has 0 aromatic rings. The molecule has 0 aromatic heterocycles. The third kappa shape index (κ3) is 8.24. The summed E-state index contributed by atoms with van der Waals surface area (Å²) in [7, 11) is 1.55. The maximum atomic E-state index is 11.6. The highest BCUT2D eigenvalue weighted by atomic mass is 16.5. The number of allylic oxidation sites excluding steroid dienone is 1. The number of hydrogen-bond donors (Lipinski definition) is 2. The minimum atomic E-state index is -0.550. The average Bonchev–Trinajstić information content (AvgIpc) is 2.34. The Morgan fingerprint density at radius 1 is 1.26 bits per heavy atom. The molecule has 0 aliphatic rings. The van der Waals surface area contributed by atoms with Crippen LogP contribution in [0.25, 0.3) is 0 Å². The topological polar surface area (TPSA) is 67.4 Å². The molecule has 0 saturated heterocycles. The van der Waals surface area contributed by atoms with E-state index in [0.29, 0.717) is 18.9 Å². The molecule has 0 fully saturated rings. The van der Waals surface area contributed by atoms with Crippen LogP contribution in [0.1, 0.15) is 34.1 Å². The zero-order chi connectivity index (χ0) is 14.8. The molecule has 0 spiro atoms. The minimum Gasteiger partial charge on any atom is -0.449 e. The number of hydrogen-bond acceptors (Lipinski definition) is 3. The lowest BCUT2D eigenvalue weighted by atomic mass is 10.0. The van der Waals surface area contributed by atoms with E-state index in [4.69, 9.17) is 4.74 Å². The van der Waals surface area contributed by atoms with Crippen LogP contribution < -0.4 is 10.6 Å². The molecule has 0 aliphatic heterocycles. The van der Waals surface area contributed by atoms with E-state index in [9.17, 15) is 9.59 Å². The predicted molar refractivity (Wildman–Crippen MR) is 75.8 cm³/mol. The Morgan fingerprint density at radius 2 is 1.89 bits per heavy atom. The lowest BCUT2D eigenvalue weighted by molar-refractivity contribution is -0.122. The Bertz CT molecular complexity index is 314. The molecule has 110 valence electrons. The zero-order valence-electron chi connectivity index (χ0n) is 12.5. The van der Waals surface area contributed by atoms with Crippen LogP contribution in [0.15, 0.2) is 12.2 Å². The van der Waals surface area contributed by atoms with Crippen LogP contribution in [0, 0.1) is 11.8 Å². The monoisotopic (exact) mass is 270 g/mol. The van der Waals surface area contributed by atoms with Crippen LogP contribution in [0.5, 0.6) is 0 Å². The molecule has 0 aliphatic carbocycles. The molecular weight excluding hydrogens is 244 g/mol. The van der Waals surface area contributed by atoms with Gasteiger partial charge < -0.3 is 15.4 Å². The van der Waals surface area contributed by atoms with Gasteiger partial charge in [0.05, 0.1) is 6.61 Å². The second kappa shape index (κ2) is 9.42. The van der Waals surface area contributed by atoms with Crippen molar-refractivity contribution in [2.45, 2.75) is 40.2 Å². The summed E-state index contributed by atoms with van der Waals surface area (Å²) < 4.78 is 5.08. The minimum absolute atomic E-state index is 0.166. The van der Waals surface area contributed by atoms with Gasteiger partial charge in [-0.3, -0.25) is 4.79 Å². The summed E-state index contributed by atoms with van der Waals surface area (Å²) in [5.74, 6) is 0.274. The fraction of sp³-hybridized carbons (Fsp3) is 0.714. The van der Waals surface area contributed by atoms with Gasteiger partial charge in [-0.25, -0.2) is 4.79 Å². The Balaban J connectivity index is 4.27. The van der Waals surface area contributed by atoms with Gasteiger partial charge in [0.15, 0.2) is 0 Å². The average molecular weight is 270 g/mol. The third-order valence-electron chi connectivity index (χ3n) is 2.56. The number of carbonyl (C=O) groups is 2. The summed E-state index contributed by atoms with van der Waals surface area (Å²) in [4.78, 5) is 23.3. The molecule has 0 bridgehead atoms. The first-order valence-electron chi connectivity index (χ1n) is 6.68. The number of likely N-dealkylation sites (N-methyl/N-ethyl adjacent to an activating group) is 1. The van der Waals surface area contributed by atoms with Gasteiger partial charge in [0.1, 0.15) is 6.04 Å². The van der Waals surface area contributed by atoms with Gasteiger partial charge in [0.2, 0.25) is 5.91 Å². The van der Waals surface area contributed by atoms with E-state index in [-0.39, 0.29) is 11.8 Å². The Kier molecular flexibility index (Phi) is 8.66. The number of ether oxygens (including phenoxy) is 1. The Labute approximate surface area is 115 Å². The van der Waals surface area contributed by atoms with E-state index >= 15 is 0 Å².